The van der Waals surface area contributed by atoms with Crippen molar-refractivity contribution in [2.45, 2.75) is 13.0 Å². The summed E-state index contributed by atoms with van der Waals surface area (Å²) >= 11 is 0. The molecule has 1 aromatic heterocycles. The zero-order valence-electron chi connectivity index (χ0n) is 11.0. The van der Waals surface area contributed by atoms with E-state index in [1.54, 1.807) is 6.07 Å². The Hall–Kier alpha value is -2.21. The minimum Gasteiger partial charge on any atom is -0.494 e. The van der Waals surface area contributed by atoms with Gasteiger partial charge in [-0.3, -0.25) is 4.79 Å². The molecule has 0 bridgehead atoms. The summed E-state index contributed by atoms with van der Waals surface area (Å²) in [7, 11) is 1.40. The van der Waals surface area contributed by atoms with Gasteiger partial charge in [0.1, 0.15) is 5.82 Å². The van der Waals surface area contributed by atoms with Crippen molar-refractivity contribution < 1.29 is 9.13 Å². The molecular weight excluding hydrogens is 261 g/mol. The van der Waals surface area contributed by atoms with E-state index in [1.807, 2.05) is 0 Å². The fourth-order valence-corrected chi connectivity index (χ4v) is 2.31. The number of aromatic amines is 1. The van der Waals surface area contributed by atoms with Crippen LogP contribution in [0, 0.1) is 5.82 Å². The maximum absolute atomic E-state index is 13.4. The zero-order valence-corrected chi connectivity index (χ0v) is 11.0. The third kappa shape index (κ3) is 2.18. The molecule has 6 heteroatoms. The van der Waals surface area contributed by atoms with E-state index in [0.29, 0.717) is 24.4 Å². The summed E-state index contributed by atoms with van der Waals surface area (Å²) in [5, 5.41) is 3.18. The number of hydrogen-bond donors (Lipinski definition) is 2. The summed E-state index contributed by atoms with van der Waals surface area (Å²) in [5.74, 6) is 0.106. The summed E-state index contributed by atoms with van der Waals surface area (Å²) in [6.07, 6.45) is 0.671. The number of fused-ring (bicyclic) bond motifs is 1. The van der Waals surface area contributed by atoms with Gasteiger partial charge in [0.2, 0.25) is 0 Å². The molecule has 0 fully saturated rings. The highest BCUT2D eigenvalue weighted by Crippen LogP contribution is 2.24. The molecule has 20 heavy (non-hydrogen) atoms. The highest BCUT2D eigenvalue weighted by Gasteiger charge is 2.16. The average Bonchev–Trinajstić information content (AvgIpc) is 2.47. The standard InChI is InChI=1S/C14H14FN3O2/c1-20-12-6-8(2-3-10(12)15)13-17-11-7-16-5-4-9(11)14(19)18-13/h2-3,6,16H,4-5,7H2,1H3,(H,17,18,19). The summed E-state index contributed by atoms with van der Waals surface area (Å²) < 4.78 is 18.4. The Morgan fingerprint density at radius 1 is 1.40 bits per heavy atom. The van der Waals surface area contributed by atoms with E-state index in [0.717, 1.165) is 17.8 Å². The van der Waals surface area contributed by atoms with Crippen LogP contribution in [0.2, 0.25) is 0 Å². The zero-order chi connectivity index (χ0) is 14.1. The molecule has 1 aliphatic heterocycles. The van der Waals surface area contributed by atoms with Crippen LogP contribution in [0.15, 0.2) is 23.0 Å². The van der Waals surface area contributed by atoms with Gasteiger partial charge in [-0.15, -0.1) is 0 Å². The molecular formula is C14H14FN3O2. The third-order valence-electron chi connectivity index (χ3n) is 3.37. The van der Waals surface area contributed by atoms with Gasteiger partial charge >= 0.3 is 0 Å². The van der Waals surface area contributed by atoms with E-state index in [4.69, 9.17) is 4.74 Å². The Bertz CT molecular complexity index is 712. The van der Waals surface area contributed by atoms with Gasteiger partial charge in [-0.2, -0.15) is 0 Å². The van der Waals surface area contributed by atoms with Crippen molar-refractivity contribution in [2.24, 2.45) is 0 Å². The van der Waals surface area contributed by atoms with Crippen LogP contribution >= 0.6 is 0 Å². The quantitative estimate of drug-likeness (QED) is 0.865. The first-order chi connectivity index (χ1) is 9.69. The lowest BCUT2D eigenvalue weighted by molar-refractivity contribution is 0.386. The summed E-state index contributed by atoms with van der Waals surface area (Å²) in [5.41, 5.74) is 1.96. The largest absolute Gasteiger partial charge is 0.494 e. The molecule has 0 aliphatic carbocycles. The van der Waals surface area contributed by atoms with E-state index in [9.17, 15) is 9.18 Å². The minimum atomic E-state index is -0.446. The van der Waals surface area contributed by atoms with Crippen LogP contribution in [-0.4, -0.2) is 23.6 Å². The number of halogens is 1. The molecule has 0 spiro atoms. The molecule has 2 heterocycles. The summed E-state index contributed by atoms with van der Waals surface area (Å²) in [4.78, 5) is 19.3. The van der Waals surface area contributed by atoms with Gasteiger partial charge in [-0.1, -0.05) is 0 Å². The number of benzene rings is 1. The van der Waals surface area contributed by atoms with Crippen molar-refractivity contribution in [3.8, 4) is 17.1 Å². The number of ether oxygens (including phenoxy) is 1. The Morgan fingerprint density at radius 2 is 2.25 bits per heavy atom. The van der Waals surface area contributed by atoms with Gasteiger partial charge in [-0.25, -0.2) is 9.37 Å². The molecule has 2 N–H and O–H groups in total. The molecule has 0 radical (unpaired) electrons. The molecule has 0 saturated heterocycles. The van der Waals surface area contributed by atoms with Crippen LogP contribution in [-0.2, 0) is 13.0 Å². The molecule has 0 unspecified atom stereocenters. The number of rotatable bonds is 2. The fraction of sp³-hybridized carbons (Fsp3) is 0.286. The maximum Gasteiger partial charge on any atom is 0.254 e. The fourth-order valence-electron chi connectivity index (χ4n) is 2.31. The first-order valence-electron chi connectivity index (χ1n) is 6.35. The van der Waals surface area contributed by atoms with Gasteiger partial charge in [-0.05, 0) is 31.2 Å². The van der Waals surface area contributed by atoms with Gasteiger partial charge in [0, 0.05) is 17.7 Å². The second-order valence-electron chi connectivity index (χ2n) is 4.62. The van der Waals surface area contributed by atoms with Crippen LogP contribution < -0.4 is 15.6 Å². The Kier molecular flexibility index (Phi) is 3.23. The van der Waals surface area contributed by atoms with E-state index >= 15 is 0 Å². The number of aromatic nitrogens is 2. The Balaban J connectivity index is 2.11. The number of hydrogen-bond acceptors (Lipinski definition) is 4. The lowest BCUT2D eigenvalue weighted by Gasteiger charge is -2.16. The SMILES string of the molecule is COc1cc(-c2nc3c(c(=O)[nH]2)CCNC3)ccc1F. The second-order valence-corrected chi connectivity index (χ2v) is 4.62. The highest BCUT2D eigenvalue weighted by molar-refractivity contribution is 5.58. The van der Waals surface area contributed by atoms with Crippen molar-refractivity contribution >= 4 is 0 Å². The van der Waals surface area contributed by atoms with E-state index in [-0.39, 0.29) is 11.3 Å². The van der Waals surface area contributed by atoms with E-state index < -0.39 is 5.82 Å². The second kappa shape index (κ2) is 5.05. The molecule has 0 amide bonds. The topological polar surface area (TPSA) is 67.0 Å². The molecule has 104 valence electrons. The van der Waals surface area contributed by atoms with Crippen LogP contribution in [0.4, 0.5) is 4.39 Å². The predicted octanol–water partition coefficient (Wildman–Crippen LogP) is 1.23. The summed E-state index contributed by atoms with van der Waals surface area (Å²) in [6.45, 7) is 1.35. The number of methoxy groups -OCH3 is 1. The van der Waals surface area contributed by atoms with Gasteiger partial charge in [0.05, 0.1) is 12.8 Å². The lowest BCUT2D eigenvalue weighted by Crippen LogP contribution is -2.31. The number of H-pyrrole nitrogens is 1. The van der Waals surface area contributed by atoms with Crippen LogP contribution in [0.1, 0.15) is 11.3 Å². The minimum absolute atomic E-state index is 0.126. The molecule has 0 saturated carbocycles. The molecule has 3 rings (SSSR count). The first-order valence-corrected chi connectivity index (χ1v) is 6.35. The van der Waals surface area contributed by atoms with E-state index in [2.05, 4.69) is 15.3 Å². The molecule has 1 aromatic carbocycles. The van der Waals surface area contributed by atoms with Crippen molar-refractivity contribution in [3.05, 3.63) is 45.6 Å². The molecule has 5 nitrogen and oxygen atoms in total. The number of nitrogens with one attached hydrogen (secondary N) is 2. The van der Waals surface area contributed by atoms with E-state index in [1.165, 1.54) is 19.2 Å². The highest BCUT2D eigenvalue weighted by atomic mass is 19.1. The van der Waals surface area contributed by atoms with Gasteiger partial charge < -0.3 is 15.0 Å². The molecule has 0 atom stereocenters. The van der Waals surface area contributed by atoms with Crippen LogP contribution in [0.25, 0.3) is 11.4 Å². The van der Waals surface area contributed by atoms with Crippen LogP contribution in [0.5, 0.6) is 5.75 Å². The van der Waals surface area contributed by atoms with Crippen LogP contribution in [0.3, 0.4) is 0 Å². The molecule has 1 aliphatic rings. The van der Waals surface area contributed by atoms with Gasteiger partial charge in [0.15, 0.2) is 11.6 Å². The monoisotopic (exact) mass is 275 g/mol. The third-order valence-corrected chi connectivity index (χ3v) is 3.37. The average molecular weight is 275 g/mol. The van der Waals surface area contributed by atoms with Crippen molar-refractivity contribution in [1.29, 1.82) is 0 Å². The first kappa shape index (κ1) is 12.8. The maximum atomic E-state index is 13.4. The van der Waals surface area contributed by atoms with Gasteiger partial charge in [0.25, 0.3) is 5.56 Å². The number of nitrogens with zero attached hydrogens (tertiary/aromatic N) is 1. The molecule has 2 aromatic rings. The predicted molar refractivity (Wildman–Crippen MR) is 72.2 cm³/mol. The van der Waals surface area contributed by atoms with Crippen molar-refractivity contribution in [1.82, 2.24) is 15.3 Å². The Morgan fingerprint density at radius 3 is 3.05 bits per heavy atom. The summed E-state index contributed by atoms with van der Waals surface area (Å²) in [6, 6.07) is 4.39. The van der Waals surface area contributed by atoms with Crippen molar-refractivity contribution in [2.75, 3.05) is 13.7 Å². The normalized spacial score (nSPS) is 13.9. The Labute approximate surface area is 114 Å². The van der Waals surface area contributed by atoms with Crippen molar-refractivity contribution in [3.63, 3.8) is 0 Å². The smallest absolute Gasteiger partial charge is 0.254 e. The lowest BCUT2D eigenvalue weighted by atomic mass is 10.1.